The molecule has 2 nitrogen and oxygen atoms in total. The van der Waals surface area contributed by atoms with Gasteiger partial charge in [-0.15, -0.1) is 0 Å². The Labute approximate surface area is 109 Å². The molecule has 0 bridgehead atoms. The van der Waals surface area contributed by atoms with Gasteiger partial charge in [0.05, 0.1) is 11.9 Å². The molecule has 0 fully saturated rings. The molecule has 0 saturated carbocycles. The van der Waals surface area contributed by atoms with Crippen LogP contribution in [0.5, 0.6) is 0 Å². The molecular formula is C16H20N2. The second-order valence-electron chi connectivity index (χ2n) is 4.90. The highest BCUT2D eigenvalue weighted by atomic mass is 14.9. The van der Waals surface area contributed by atoms with Crippen LogP contribution in [-0.2, 0) is 6.54 Å². The molecule has 0 aliphatic rings. The molecule has 0 atom stereocenters. The van der Waals surface area contributed by atoms with Gasteiger partial charge in [-0.3, -0.25) is 4.98 Å². The predicted molar refractivity (Wildman–Crippen MR) is 77.0 cm³/mol. The van der Waals surface area contributed by atoms with Crippen molar-refractivity contribution in [2.75, 3.05) is 5.32 Å². The standard InChI is InChI=1S/C16H20N2/c1-11-7-13(3)15(8-12(11)2)9-18-16-6-5-14(4)17-10-16/h5-8,10,18H,9H2,1-4H3. The van der Waals surface area contributed by atoms with Crippen LogP contribution in [0.4, 0.5) is 5.69 Å². The fourth-order valence-corrected chi connectivity index (χ4v) is 1.98. The summed E-state index contributed by atoms with van der Waals surface area (Å²) in [6.07, 6.45) is 1.88. The average molecular weight is 240 g/mol. The van der Waals surface area contributed by atoms with Gasteiger partial charge in [0.15, 0.2) is 0 Å². The molecule has 0 radical (unpaired) electrons. The summed E-state index contributed by atoms with van der Waals surface area (Å²) in [5.74, 6) is 0. The lowest BCUT2D eigenvalue weighted by Gasteiger charge is -2.11. The van der Waals surface area contributed by atoms with E-state index in [1.54, 1.807) is 0 Å². The normalized spacial score (nSPS) is 10.4. The number of pyridine rings is 1. The van der Waals surface area contributed by atoms with Gasteiger partial charge in [-0.1, -0.05) is 12.1 Å². The summed E-state index contributed by atoms with van der Waals surface area (Å²) in [6, 6.07) is 8.60. The smallest absolute Gasteiger partial charge is 0.0529 e. The van der Waals surface area contributed by atoms with E-state index in [4.69, 9.17) is 0 Å². The van der Waals surface area contributed by atoms with Crippen LogP contribution < -0.4 is 5.32 Å². The number of hydrogen-bond donors (Lipinski definition) is 1. The molecule has 1 heterocycles. The Balaban J connectivity index is 2.10. The molecule has 2 heteroatoms. The third kappa shape index (κ3) is 2.89. The van der Waals surface area contributed by atoms with E-state index >= 15 is 0 Å². The first-order chi connectivity index (χ1) is 8.56. The summed E-state index contributed by atoms with van der Waals surface area (Å²) in [5.41, 5.74) is 7.50. The number of rotatable bonds is 3. The molecule has 2 aromatic rings. The van der Waals surface area contributed by atoms with Crippen LogP contribution in [0.1, 0.15) is 27.9 Å². The van der Waals surface area contributed by atoms with Gasteiger partial charge in [0.2, 0.25) is 0 Å². The second kappa shape index (κ2) is 5.21. The number of aromatic nitrogens is 1. The maximum absolute atomic E-state index is 4.28. The minimum absolute atomic E-state index is 0.845. The molecule has 0 aliphatic heterocycles. The molecule has 18 heavy (non-hydrogen) atoms. The number of hydrogen-bond acceptors (Lipinski definition) is 2. The predicted octanol–water partition coefficient (Wildman–Crippen LogP) is 3.93. The molecule has 1 aromatic carbocycles. The first kappa shape index (κ1) is 12.6. The van der Waals surface area contributed by atoms with Crippen LogP contribution in [0.25, 0.3) is 0 Å². The van der Waals surface area contributed by atoms with Gasteiger partial charge in [-0.2, -0.15) is 0 Å². The SMILES string of the molecule is Cc1ccc(NCc2cc(C)c(C)cc2C)cn1. The van der Waals surface area contributed by atoms with Crippen LogP contribution in [-0.4, -0.2) is 4.98 Å². The summed E-state index contributed by atoms with van der Waals surface area (Å²) < 4.78 is 0. The van der Waals surface area contributed by atoms with Crippen molar-refractivity contribution in [3.8, 4) is 0 Å². The lowest BCUT2D eigenvalue weighted by molar-refractivity contribution is 1.09. The minimum Gasteiger partial charge on any atom is -0.380 e. The zero-order chi connectivity index (χ0) is 13.1. The molecule has 94 valence electrons. The topological polar surface area (TPSA) is 24.9 Å². The van der Waals surface area contributed by atoms with Crippen molar-refractivity contribution in [1.29, 1.82) is 0 Å². The van der Waals surface area contributed by atoms with E-state index in [-0.39, 0.29) is 0 Å². The quantitative estimate of drug-likeness (QED) is 0.879. The molecule has 0 amide bonds. The Hall–Kier alpha value is -1.83. The zero-order valence-electron chi connectivity index (χ0n) is 11.5. The Morgan fingerprint density at radius 2 is 1.67 bits per heavy atom. The van der Waals surface area contributed by atoms with E-state index in [1.807, 2.05) is 19.2 Å². The monoisotopic (exact) mass is 240 g/mol. The summed E-state index contributed by atoms with van der Waals surface area (Å²) in [7, 11) is 0. The summed E-state index contributed by atoms with van der Waals surface area (Å²) >= 11 is 0. The van der Waals surface area contributed by atoms with Crippen LogP contribution >= 0.6 is 0 Å². The molecule has 1 aromatic heterocycles. The molecule has 2 rings (SSSR count). The van der Waals surface area contributed by atoms with Crippen LogP contribution in [0.2, 0.25) is 0 Å². The van der Waals surface area contributed by atoms with Gasteiger partial charge < -0.3 is 5.32 Å². The first-order valence-corrected chi connectivity index (χ1v) is 6.29. The number of anilines is 1. The van der Waals surface area contributed by atoms with E-state index in [0.29, 0.717) is 0 Å². The second-order valence-corrected chi connectivity index (χ2v) is 4.90. The molecule has 0 saturated heterocycles. The molecule has 0 unspecified atom stereocenters. The Kier molecular flexibility index (Phi) is 3.66. The van der Waals surface area contributed by atoms with Crippen molar-refractivity contribution in [3.63, 3.8) is 0 Å². The summed E-state index contributed by atoms with van der Waals surface area (Å²) in [5, 5.41) is 3.41. The van der Waals surface area contributed by atoms with E-state index in [2.05, 4.69) is 49.3 Å². The summed E-state index contributed by atoms with van der Waals surface area (Å²) in [6.45, 7) is 9.32. The maximum Gasteiger partial charge on any atom is 0.0529 e. The van der Waals surface area contributed by atoms with Gasteiger partial charge in [0.25, 0.3) is 0 Å². The third-order valence-corrected chi connectivity index (χ3v) is 3.35. The van der Waals surface area contributed by atoms with Crippen LogP contribution in [0, 0.1) is 27.7 Å². The molecular weight excluding hydrogens is 220 g/mol. The van der Waals surface area contributed by atoms with Crippen LogP contribution in [0.3, 0.4) is 0 Å². The highest BCUT2D eigenvalue weighted by Gasteiger charge is 2.02. The summed E-state index contributed by atoms with van der Waals surface area (Å²) in [4.78, 5) is 4.28. The Morgan fingerprint density at radius 3 is 2.33 bits per heavy atom. The molecule has 1 N–H and O–H groups in total. The Bertz CT molecular complexity index is 542. The van der Waals surface area contributed by atoms with E-state index in [0.717, 1.165) is 17.9 Å². The minimum atomic E-state index is 0.845. The van der Waals surface area contributed by atoms with Crippen LogP contribution in [0.15, 0.2) is 30.5 Å². The molecule has 0 spiro atoms. The lowest BCUT2D eigenvalue weighted by Crippen LogP contribution is -2.03. The van der Waals surface area contributed by atoms with E-state index in [9.17, 15) is 0 Å². The van der Waals surface area contributed by atoms with Gasteiger partial charge >= 0.3 is 0 Å². The average Bonchev–Trinajstić information content (AvgIpc) is 2.34. The van der Waals surface area contributed by atoms with E-state index < -0.39 is 0 Å². The fraction of sp³-hybridized carbons (Fsp3) is 0.312. The van der Waals surface area contributed by atoms with Crippen molar-refractivity contribution in [2.45, 2.75) is 34.2 Å². The van der Waals surface area contributed by atoms with Crippen molar-refractivity contribution in [2.24, 2.45) is 0 Å². The van der Waals surface area contributed by atoms with Crippen molar-refractivity contribution in [3.05, 3.63) is 58.4 Å². The Morgan fingerprint density at radius 1 is 0.944 bits per heavy atom. The van der Waals surface area contributed by atoms with Gasteiger partial charge in [-0.05, 0) is 62.1 Å². The highest BCUT2D eigenvalue weighted by molar-refractivity contribution is 5.44. The number of nitrogens with one attached hydrogen (secondary N) is 1. The fourth-order valence-electron chi connectivity index (χ4n) is 1.98. The van der Waals surface area contributed by atoms with E-state index in [1.165, 1.54) is 22.3 Å². The van der Waals surface area contributed by atoms with Crippen molar-refractivity contribution < 1.29 is 0 Å². The zero-order valence-corrected chi connectivity index (χ0v) is 11.5. The van der Waals surface area contributed by atoms with Gasteiger partial charge in [0, 0.05) is 12.2 Å². The number of nitrogens with zero attached hydrogens (tertiary/aromatic N) is 1. The lowest BCUT2D eigenvalue weighted by atomic mass is 10.0. The first-order valence-electron chi connectivity index (χ1n) is 6.29. The van der Waals surface area contributed by atoms with Crippen molar-refractivity contribution >= 4 is 5.69 Å². The highest BCUT2D eigenvalue weighted by Crippen LogP contribution is 2.17. The largest absolute Gasteiger partial charge is 0.380 e. The van der Waals surface area contributed by atoms with Gasteiger partial charge in [-0.25, -0.2) is 0 Å². The molecule has 0 aliphatic carbocycles. The number of benzene rings is 1. The third-order valence-electron chi connectivity index (χ3n) is 3.35. The maximum atomic E-state index is 4.28. The number of aryl methyl sites for hydroxylation is 4. The van der Waals surface area contributed by atoms with Crippen molar-refractivity contribution in [1.82, 2.24) is 4.98 Å². The van der Waals surface area contributed by atoms with Gasteiger partial charge in [0.1, 0.15) is 0 Å².